The van der Waals surface area contributed by atoms with E-state index in [1.807, 2.05) is 82.6 Å². The van der Waals surface area contributed by atoms with Crippen LogP contribution in [0.3, 0.4) is 0 Å². The van der Waals surface area contributed by atoms with Crippen LogP contribution >= 0.6 is 0 Å². The van der Waals surface area contributed by atoms with E-state index in [4.69, 9.17) is 0 Å². The maximum absolute atomic E-state index is 14.8. The second-order valence-corrected chi connectivity index (χ2v) is 9.68. The topological polar surface area (TPSA) is 13.0 Å². The molecule has 0 saturated heterocycles. The van der Waals surface area contributed by atoms with Crippen LogP contribution in [0.1, 0.15) is 0 Å². The number of hydrogen-bond donors (Lipinski definition) is 0. The second kappa shape index (κ2) is 9.34. The molecule has 198 valence electrons. The van der Waals surface area contributed by atoms with Crippen molar-refractivity contribution in [1.82, 2.24) is 0 Å². The van der Waals surface area contributed by atoms with Crippen LogP contribution in [-0.4, -0.2) is 13.3 Å². The van der Waals surface area contributed by atoms with Gasteiger partial charge in [-0.15, -0.1) is 0 Å². The van der Waals surface area contributed by atoms with Gasteiger partial charge in [0.1, 0.15) is 36.6 Å². The van der Waals surface area contributed by atoms with E-state index in [1.54, 1.807) is 0 Å². The molecule has 8 heteroatoms. The Morgan fingerprint density at radius 1 is 0.375 bits per heavy atom. The molecule has 0 atom stereocenters. The molecule has 0 spiro atoms. The molecule has 0 unspecified atom stereocenters. The van der Waals surface area contributed by atoms with Crippen molar-refractivity contribution in [1.29, 1.82) is 0 Å². The SMILES string of the molecule is Fc1ccc(N2CN(c3cccc(N4CN(c5ccc(F)cc5F)c5ccccc54)c3)c3ccccc32)c(F)c1. The van der Waals surface area contributed by atoms with Crippen LogP contribution in [-0.2, 0) is 0 Å². The van der Waals surface area contributed by atoms with Gasteiger partial charge in [0, 0.05) is 23.5 Å². The lowest BCUT2D eigenvalue weighted by atomic mass is 10.2. The van der Waals surface area contributed by atoms with Gasteiger partial charge in [0.25, 0.3) is 0 Å². The van der Waals surface area contributed by atoms with Crippen LogP contribution in [0, 0.1) is 23.3 Å². The van der Waals surface area contributed by atoms with E-state index in [0.29, 0.717) is 13.3 Å². The molecule has 2 heterocycles. The standard InChI is InChI=1S/C32H22F4N4/c33-21-12-14-27(25(35)16-21)39-19-37(29-8-1-3-10-31(29)39)23-6-5-7-24(18-23)38-20-40(32-11-4-2-9-30(32)38)28-15-13-22(34)17-26(28)36/h1-18H,19-20H2. The van der Waals surface area contributed by atoms with Gasteiger partial charge >= 0.3 is 0 Å². The molecule has 5 aromatic carbocycles. The average Bonchev–Trinajstić information content (AvgIpc) is 3.53. The first-order chi connectivity index (χ1) is 19.5. The fourth-order valence-electron chi connectivity index (χ4n) is 5.51. The van der Waals surface area contributed by atoms with Crippen molar-refractivity contribution in [3.8, 4) is 0 Å². The molecule has 7 rings (SSSR count). The summed E-state index contributed by atoms with van der Waals surface area (Å²) in [6.07, 6.45) is 0. The quantitative estimate of drug-likeness (QED) is 0.212. The summed E-state index contributed by atoms with van der Waals surface area (Å²) in [6, 6.07) is 30.5. The predicted molar refractivity (Wildman–Crippen MR) is 150 cm³/mol. The first kappa shape index (κ1) is 24.1. The monoisotopic (exact) mass is 538 g/mol. The summed E-state index contributed by atoms with van der Waals surface area (Å²) in [6.45, 7) is 0.656. The van der Waals surface area contributed by atoms with Crippen LogP contribution < -0.4 is 19.6 Å². The van der Waals surface area contributed by atoms with E-state index >= 15 is 0 Å². The highest BCUT2D eigenvalue weighted by atomic mass is 19.1. The van der Waals surface area contributed by atoms with Gasteiger partial charge in [-0.2, -0.15) is 0 Å². The minimum atomic E-state index is -0.632. The third-order valence-electron chi connectivity index (χ3n) is 7.35. The van der Waals surface area contributed by atoms with Crippen LogP contribution in [0.2, 0.25) is 0 Å². The van der Waals surface area contributed by atoms with E-state index in [2.05, 4.69) is 9.80 Å². The van der Waals surface area contributed by atoms with Gasteiger partial charge in [-0.1, -0.05) is 30.3 Å². The number of anilines is 8. The molecular weight excluding hydrogens is 516 g/mol. The summed E-state index contributed by atoms with van der Waals surface area (Å²) in [5.74, 6) is -2.52. The van der Waals surface area contributed by atoms with Gasteiger partial charge in [-0.3, -0.25) is 0 Å². The summed E-state index contributed by atoms with van der Waals surface area (Å²) in [4.78, 5) is 7.78. The highest BCUT2D eigenvalue weighted by Crippen LogP contribution is 2.48. The van der Waals surface area contributed by atoms with Crippen molar-refractivity contribution in [3.63, 3.8) is 0 Å². The summed E-state index contributed by atoms with van der Waals surface area (Å²) >= 11 is 0. The Labute approximate surface area is 228 Å². The molecule has 0 bridgehead atoms. The Bertz CT molecular complexity index is 1630. The van der Waals surface area contributed by atoms with Crippen molar-refractivity contribution >= 4 is 45.5 Å². The predicted octanol–water partition coefficient (Wildman–Crippen LogP) is 8.74. The van der Waals surface area contributed by atoms with E-state index in [0.717, 1.165) is 46.3 Å². The van der Waals surface area contributed by atoms with E-state index in [9.17, 15) is 17.6 Å². The lowest BCUT2D eigenvalue weighted by Gasteiger charge is -2.25. The van der Waals surface area contributed by atoms with Gasteiger partial charge in [-0.05, 0) is 66.7 Å². The maximum Gasteiger partial charge on any atom is 0.149 e. The molecule has 2 aliphatic heterocycles. The molecule has 2 aliphatic rings. The van der Waals surface area contributed by atoms with Crippen LogP contribution in [0.25, 0.3) is 0 Å². The molecule has 0 aromatic heterocycles. The van der Waals surface area contributed by atoms with E-state index < -0.39 is 23.3 Å². The zero-order chi connectivity index (χ0) is 27.4. The van der Waals surface area contributed by atoms with Crippen LogP contribution in [0.5, 0.6) is 0 Å². The van der Waals surface area contributed by atoms with Crippen LogP contribution in [0.4, 0.5) is 63.1 Å². The molecule has 40 heavy (non-hydrogen) atoms. The molecule has 0 fully saturated rings. The summed E-state index contributed by atoms with van der Waals surface area (Å²) < 4.78 is 56.9. The number of rotatable bonds is 4. The first-order valence-electron chi connectivity index (χ1n) is 12.8. The van der Waals surface area contributed by atoms with Gasteiger partial charge < -0.3 is 19.6 Å². The van der Waals surface area contributed by atoms with Gasteiger partial charge in [0.05, 0.1) is 34.1 Å². The number of halogens is 4. The number of fused-ring (bicyclic) bond motifs is 2. The third-order valence-corrected chi connectivity index (χ3v) is 7.35. The summed E-state index contributed by atoms with van der Waals surface area (Å²) in [5.41, 5.74) is 5.72. The zero-order valence-electron chi connectivity index (χ0n) is 21.1. The molecule has 0 saturated carbocycles. The number of hydrogen-bond acceptors (Lipinski definition) is 4. The van der Waals surface area contributed by atoms with Gasteiger partial charge in [-0.25, -0.2) is 17.6 Å². The fraction of sp³-hybridized carbons (Fsp3) is 0.0625. The minimum absolute atomic E-state index is 0.290. The Morgan fingerprint density at radius 3 is 1.18 bits per heavy atom. The summed E-state index contributed by atoms with van der Waals surface area (Å²) in [7, 11) is 0. The van der Waals surface area contributed by atoms with Crippen molar-refractivity contribution in [2.75, 3.05) is 32.9 Å². The fourth-order valence-corrected chi connectivity index (χ4v) is 5.51. The molecular formula is C32H22F4N4. The van der Waals surface area contributed by atoms with Crippen molar-refractivity contribution in [2.24, 2.45) is 0 Å². The highest BCUT2D eigenvalue weighted by Gasteiger charge is 2.32. The highest BCUT2D eigenvalue weighted by molar-refractivity contribution is 5.90. The third kappa shape index (κ3) is 3.91. The lowest BCUT2D eigenvalue weighted by molar-refractivity contribution is 0.582. The molecule has 4 nitrogen and oxygen atoms in total. The maximum atomic E-state index is 14.8. The molecule has 0 radical (unpaired) electrons. The molecule has 0 aliphatic carbocycles. The molecule has 0 N–H and O–H groups in total. The van der Waals surface area contributed by atoms with Crippen molar-refractivity contribution < 1.29 is 17.6 Å². The Balaban J connectivity index is 1.26. The largest absolute Gasteiger partial charge is 0.321 e. The van der Waals surface area contributed by atoms with Gasteiger partial charge in [0.2, 0.25) is 0 Å². The summed E-state index contributed by atoms with van der Waals surface area (Å²) in [5, 5.41) is 0. The number of benzene rings is 5. The normalized spacial score (nSPS) is 14.1. The number of para-hydroxylation sites is 4. The van der Waals surface area contributed by atoms with E-state index in [-0.39, 0.29) is 11.4 Å². The second-order valence-electron chi connectivity index (χ2n) is 9.68. The molecule has 0 amide bonds. The zero-order valence-corrected chi connectivity index (χ0v) is 21.1. The number of nitrogens with zero attached hydrogens (tertiary/aromatic N) is 4. The Morgan fingerprint density at radius 2 is 0.775 bits per heavy atom. The molecule has 5 aromatic rings. The van der Waals surface area contributed by atoms with Crippen molar-refractivity contribution in [2.45, 2.75) is 0 Å². The average molecular weight is 539 g/mol. The van der Waals surface area contributed by atoms with Gasteiger partial charge in [0.15, 0.2) is 0 Å². The van der Waals surface area contributed by atoms with Crippen molar-refractivity contribution in [3.05, 3.63) is 132 Å². The smallest absolute Gasteiger partial charge is 0.149 e. The first-order valence-corrected chi connectivity index (χ1v) is 12.8. The minimum Gasteiger partial charge on any atom is -0.321 e. The Hall–Kier alpha value is -4.98. The lowest BCUT2D eigenvalue weighted by Crippen LogP contribution is -2.26. The van der Waals surface area contributed by atoms with E-state index in [1.165, 1.54) is 24.3 Å². The van der Waals surface area contributed by atoms with Crippen LogP contribution in [0.15, 0.2) is 109 Å². The Kier molecular flexibility index (Phi) is 5.62.